The second kappa shape index (κ2) is 5.75. The Morgan fingerprint density at radius 1 is 1.39 bits per heavy atom. The van der Waals surface area contributed by atoms with Crippen molar-refractivity contribution in [2.75, 3.05) is 6.61 Å². The van der Waals surface area contributed by atoms with Gasteiger partial charge in [0.2, 0.25) is 0 Å². The lowest BCUT2D eigenvalue weighted by molar-refractivity contribution is 0.112. The molecule has 0 saturated heterocycles. The van der Waals surface area contributed by atoms with Gasteiger partial charge in [0.15, 0.2) is 6.29 Å². The first-order chi connectivity index (χ1) is 8.78. The SMILES string of the molecule is CCOc1ccc(CO)nc1-c1ccc(C=O)s1. The van der Waals surface area contributed by atoms with E-state index in [0.717, 1.165) is 11.2 Å². The summed E-state index contributed by atoms with van der Waals surface area (Å²) in [5.74, 6) is 0.661. The van der Waals surface area contributed by atoms with Crippen LogP contribution in [0.15, 0.2) is 24.3 Å². The van der Waals surface area contributed by atoms with E-state index >= 15 is 0 Å². The number of hydrogen-bond donors (Lipinski definition) is 1. The van der Waals surface area contributed by atoms with Gasteiger partial charge in [0.05, 0.1) is 28.7 Å². The van der Waals surface area contributed by atoms with Gasteiger partial charge in [0.25, 0.3) is 0 Å². The zero-order valence-corrected chi connectivity index (χ0v) is 10.7. The van der Waals surface area contributed by atoms with Crippen molar-refractivity contribution in [1.29, 1.82) is 0 Å². The predicted molar refractivity (Wildman–Crippen MR) is 70.0 cm³/mol. The zero-order valence-electron chi connectivity index (χ0n) is 9.92. The lowest BCUT2D eigenvalue weighted by Gasteiger charge is -2.09. The number of aliphatic hydroxyl groups excluding tert-OH is 1. The molecule has 2 aromatic rings. The molecule has 0 aliphatic carbocycles. The third-order valence-corrected chi connectivity index (χ3v) is 3.37. The summed E-state index contributed by atoms with van der Waals surface area (Å²) in [5, 5.41) is 9.13. The molecular weight excluding hydrogens is 250 g/mol. The summed E-state index contributed by atoms with van der Waals surface area (Å²) < 4.78 is 5.51. The van der Waals surface area contributed by atoms with Crippen LogP contribution >= 0.6 is 11.3 Å². The highest BCUT2D eigenvalue weighted by molar-refractivity contribution is 7.17. The van der Waals surface area contributed by atoms with Gasteiger partial charge in [-0.3, -0.25) is 4.79 Å². The molecule has 1 N–H and O–H groups in total. The van der Waals surface area contributed by atoms with Crippen molar-refractivity contribution in [3.8, 4) is 16.3 Å². The van der Waals surface area contributed by atoms with E-state index in [0.29, 0.717) is 28.6 Å². The molecule has 2 rings (SSSR count). The van der Waals surface area contributed by atoms with Crippen LogP contribution in [0.25, 0.3) is 10.6 Å². The summed E-state index contributed by atoms with van der Waals surface area (Å²) in [6.07, 6.45) is 0.810. The standard InChI is InChI=1S/C13H13NO3S/c1-2-17-11-5-3-9(7-15)14-13(11)12-6-4-10(8-16)18-12/h3-6,8,15H,2,7H2,1H3. The molecule has 0 aliphatic rings. The average molecular weight is 263 g/mol. The molecule has 0 amide bonds. The number of aliphatic hydroxyl groups is 1. The van der Waals surface area contributed by atoms with Gasteiger partial charge in [0.1, 0.15) is 11.4 Å². The van der Waals surface area contributed by atoms with Crippen LogP contribution in [0.4, 0.5) is 0 Å². The smallest absolute Gasteiger partial charge is 0.160 e. The highest BCUT2D eigenvalue weighted by Gasteiger charge is 2.11. The number of pyridine rings is 1. The van der Waals surface area contributed by atoms with Crippen LogP contribution in [0.2, 0.25) is 0 Å². The van der Waals surface area contributed by atoms with Crippen molar-refractivity contribution in [3.63, 3.8) is 0 Å². The summed E-state index contributed by atoms with van der Waals surface area (Å²) in [5.41, 5.74) is 1.25. The lowest BCUT2D eigenvalue weighted by atomic mass is 10.2. The minimum Gasteiger partial charge on any atom is -0.492 e. The molecule has 0 unspecified atom stereocenters. The Morgan fingerprint density at radius 2 is 2.22 bits per heavy atom. The van der Waals surface area contributed by atoms with Gasteiger partial charge in [-0.25, -0.2) is 4.98 Å². The van der Waals surface area contributed by atoms with E-state index < -0.39 is 0 Å². The second-order valence-corrected chi connectivity index (χ2v) is 4.68. The van der Waals surface area contributed by atoms with Gasteiger partial charge in [0, 0.05) is 0 Å². The first kappa shape index (κ1) is 12.7. The summed E-state index contributed by atoms with van der Waals surface area (Å²) >= 11 is 1.35. The van der Waals surface area contributed by atoms with E-state index in [1.165, 1.54) is 11.3 Å². The van der Waals surface area contributed by atoms with Gasteiger partial charge < -0.3 is 9.84 Å². The van der Waals surface area contributed by atoms with Crippen molar-refractivity contribution >= 4 is 17.6 Å². The fourth-order valence-corrected chi connectivity index (χ4v) is 2.38. The minimum absolute atomic E-state index is 0.120. The van der Waals surface area contributed by atoms with E-state index in [1.807, 2.05) is 13.0 Å². The van der Waals surface area contributed by atoms with Crippen molar-refractivity contribution in [2.24, 2.45) is 0 Å². The summed E-state index contributed by atoms with van der Waals surface area (Å²) in [7, 11) is 0. The zero-order chi connectivity index (χ0) is 13.0. The maximum Gasteiger partial charge on any atom is 0.160 e. The number of ether oxygens (including phenoxy) is 1. The number of carbonyl (C=O) groups excluding carboxylic acids is 1. The van der Waals surface area contributed by atoms with Crippen molar-refractivity contribution < 1.29 is 14.6 Å². The Kier molecular flexibility index (Phi) is 4.07. The molecular formula is C13H13NO3S. The highest BCUT2D eigenvalue weighted by atomic mass is 32.1. The number of aldehydes is 1. The van der Waals surface area contributed by atoms with Crippen LogP contribution < -0.4 is 4.74 Å². The Labute approximate surface area is 109 Å². The highest BCUT2D eigenvalue weighted by Crippen LogP contribution is 2.33. The number of hydrogen-bond acceptors (Lipinski definition) is 5. The number of nitrogens with zero attached hydrogens (tertiary/aromatic N) is 1. The molecule has 0 aliphatic heterocycles. The van der Waals surface area contributed by atoms with Crippen molar-refractivity contribution in [3.05, 3.63) is 34.8 Å². The predicted octanol–water partition coefficient (Wildman–Crippen LogP) is 2.51. The minimum atomic E-state index is -0.120. The third-order valence-electron chi connectivity index (χ3n) is 2.35. The summed E-state index contributed by atoms with van der Waals surface area (Å²) in [6, 6.07) is 7.09. The molecule has 0 atom stereocenters. The molecule has 0 bridgehead atoms. The van der Waals surface area contributed by atoms with Crippen molar-refractivity contribution in [1.82, 2.24) is 4.98 Å². The van der Waals surface area contributed by atoms with E-state index in [2.05, 4.69) is 4.98 Å². The fourth-order valence-electron chi connectivity index (χ4n) is 1.57. The fraction of sp³-hybridized carbons (Fsp3) is 0.231. The molecule has 94 valence electrons. The van der Waals surface area contributed by atoms with E-state index in [-0.39, 0.29) is 6.61 Å². The molecule has 0 radical (unpaired) electrons. The first-order valence-electron chi connectivity index (χ1n) is 5.57. The monoisotopic (exact) mass is 263 g/mol. The van der Waals surface area contributed by atoms with Gasteiger partial charge in [-0.05, 0) is 31.2 Å². The van der Waals surface area contributed by atoms with Gasteiger partial charge >= 0.3 is 0 Å². The molecule has 0 fully saturated rings. The van der Waals surface area contributed by atoms with Crippen molar-refractivity contribution in [2.45, 2.75) is 13.5 Å². The second-order valence-electron chi connectivity index (χ2n) is 3.56. The molecule has 2 heterocycles. The average Bonchev–Trinajstić information content (AvgIpc) is 2.88. The van der Waals surface area contributed by atoms with Crippen LogP contribution in [-0.2, 0) is 6.61 Å². The lowest BCUT2D eigenvalue weighted by Crippen LogP contribution is -1.98. The maximum absolute atomic E-state index is 10.7. The molecule has 0 spiro atoms. The Balaban J connectivity index is 2.47. The normalized spacial score (nSPS) is 10.3. The third kappa shape index (κ3) is 2.57. The maximum atomic E-state index is 10.7. The van der Waals surface area contributed by atoms with Crippen LogP contribution in [0.1, 0.15) is 22.3 Å². The van der Waals surface area contributed by atoms with Crippen LogP contribution in [-0.4, -0.2) is 23.0 Å². The number of carbonyl (C=O) groups is 1. The first-order valence-corrected chi connectivity index (χ1v) is 6.39. The van der Waals surface area contributed by atoms with Gasteiger partial charge in [-0.2, -0.15) is 0 Å². The molecule has 5 heteroatoms. The molecule has 4 nitrogen and oxygen atoms in total. The number of aromatic nitrogens is 1. The van der Waals surface area contributed by atoms with E-state index in [9.17, 15) is 4.79 Å². The molecule has 2 aromatic heterocycles. The topological polar surface area (TPSA) is 59.4 Å². The summed E-state index contributed by atoms with van der Waals surface area (Å²) in [6.45, 7) is 2.32. The Morgan fingerprint density at radius 3 is 2.83 bits per heavy atom. The van der Waals surface area contributed by atoms with Gasteiger partial charge in [-0.15, -0.1) is 11.3 Å². The molecule has 0 aromatic carbocycles. The molecule has 0 saturated carbocycles. The largest absolute Gasteiger partial charge is 0.492 e. The van der Waals surface area contributed by atoms with Gasteiger partial charge in [-0.1, -0.05) is 0 Å². The van der Waals surface area contributed by atoms with E-state index in [1.54, 1.807) is 18.2 Å². The van der Waals surface area contributed by atoms with E-state index in [4.69, 9.17) is 9.84 Å². The van der Waals surface area contributed by atoms with Crippen LogP contribution in [0.3, 0.4) is 0 Å². The summed E-state index contributed by atoms with van der Waals surface area (Å²) in [4.78, 5) is 16.6. The van der Waals surface area contributed by atoms with Crippen LogP contribution in [0, 0.1) is 0 Å². The number of rotatable bonds is 5. The van der Waals surface area contributed by atoms with Crippen LogP contribution in [0.5, 0.6) is 5.75 Å². The molecule has 18 heavy (non-hydrogen) atoms. The Bertz CT molecular complexity index is 551. The Hall–Kier alpha value is -1.72. The number of thiophene rings is 1. The quantitative estimate of drug-likeness (QED) is 0.842.